The van der Waals surface area contributed by atoms with E-state index in [1.54, 1.807) is 12.1 Å². The zero-order chi connectivity index (χ0) is 29.3. The van der Waals surface area contributed by atoms with Gasteiger partial charge in [-0.3, -0.25) is 0 Å². The Morgan fingerprint density at radius 1 is 0.605 bits per heavy atom. The molecule has 0 radical (unpaired) electrons. The van der Waals surface area contributed by atoms with Crippen molar-refractivity contribution in [3.8, 4) is 28.0 Å². The molecule has 0 N–H and O–H groups in total. The monoisotopic (exact) mass is 562 g/mol. The van der Waals surface area contributed by atoms with Crippen LogP contribution in [0.3, 0.4) is 0 Å². The van der Waals surface area contributed by atoms with Crippen molar-refractivity contribution in [2.45, 2.75) is 24.9 Å². The van der Waals surface area contributed by atoms with E-state index in [0.717, 1.165) is 55.5 Å². The second kappa shape index (κ2) is 9.24. The van der Waals surface area contributed by atoms with E-state index in [1.807, 2.05) is 48.5 Å². The fourth-order valence-corrected chi connectivity index (χ4v) is 7.13. The van der Waals surface area contributed by atoms with Gasteiger partial charge in [0.25, 0.3) is 0 Å². The normalized spacial score (nSPS) is 17.7. The molecule has 6 aromatic rings. The first-order valence-corrected chi connectivity index (χ1v) is 14.6. The first kappa shape index (κ1) is 25.7. The van der Waals surface area contributed by atoms with Crippen molar-refractivity contribution in [3.63, 3.8) is 0 Å². The fourth-order valence-electron chi connectivity index (χ4n) is 7.13. The SMILES string of the molecule is CC1(C)c2cc(F)ccc2-c2c1c1c(c3cc(F)ccc23)OC(c2ccccc2)(c2ccc(-c3ccccc3)cc2)C=C1. The summed E-state index contributed by atoms with van der Waals surface area (Å²) in [5, 5.41) is 1.59. The molecule has 6 aromatic carbocycles. The minimum absolute atomic E-state index is 0.266. The van der Waals surface area contributed by atoms with Crippen LogP contribution in [-0.2, 0) is 11.0 Å². The molecule has 0 spiro atoms. The summed E-state index contributed by atoms with van der Waals surface area (Å²) in [4.78, 5) is 0. The molecular weight excluding hydrogens is 534 g/mol. The predicted octanol–water partition coefficient (Wildman–Crippen LogP) is 10.4. The molecule has 3 heteroatoms. The molecule has 0 saturated heterocycles. The number of ether oxygens (including phenoxy) is 1. The maximum absolute atomic E-state index is 15.0. The molecule has 1 heterocycles. The Morgan fingerprint density at radius 2 is 1.23 bits per heavy atom. The van der Waals surface area contributed by atoms with Crippen molar-refractivity contribution < 1.29 is 13.5 Å². The molecule has 1 aliphatic carbocycles. The highest BCUT2D eigenvalue weighted by Crippen LogP contribution is 2.58. The van der Waals surface area contributed by atoms with E-state index >= 15 is 0 Å². The molecule has 43 heavy (non-hydrogen) atoms. The Kier molecular flexibility index (Phi) is 5.52. The first-order chi connectivity index (χ1) is 20.9. The molecule has 1 unspecified atom stereocenters. The van der Waals surface area contributed by atoms with Crippen LogP contribution in [0.15, 0.2) is 127 Å². The predicted molar refractivity (Wildman–Crippen MR) is 170 cm³/mol. The Balaban J connectivity index is 1.39. The van der Waals surface area contributed by atoms with Crippen molar-refractivity contribution in [3.05, 3.63) is 167 Å². The van der Waals surface area contributed by atoms with Gasteiger partial charge in [-0.1, -0.05) is 117 Å². The maximum atomic E-state index is 15.0. The summed E-state index contributed by atoms with van der Waals surface area (Å²) in [5.74, 6) is 0.0349. The molecule has 0 fully saturated rings. The van der Waals surface area contributed by atoms with Crippen molar-refractivity contribution in [1.29, 1.82) is 0 Å². The van der Waals surface area contributed by atoms with Gasteiger partial charge in [-0.15, -0.1) is 0 Å². The van der Waals surface area contributed by atoms with Gasteiger partial charge >= 0.3 is 0 Å². The molecule has 0 saturated carbocycles. The van der Waals surface area contributed by atoms with Crippen LogP contribution in [0.5, 0.6) is 5.75 Å². The molecule has 208 valence electrons. The van der Waals surface area contributed by atoms with Crippen molar-refractivity contribution in [2.24, 2.45) is 0 Å². The molecule has 1 aliphatic heterocycles. The Bertz CT molecular complexity index is 2080. The van der Waals surface area contributed by atoms with Gasteiger partial charge in [-0.25, -0.2) is 8.78 Å². The molecule has 0 amide bonds. The third kappa shape index (κ3) is 3.74. The van der Waals surface area contributed by atoms with Gasteiger partial charge in [-0.2, -0.15) is 0 Å². The smallest absolute Gasteiger partial charge is 0.178 e. The molecule has 2 aliphatic rings. The van der Waals surface area contributed by atoms with E-state index in [9.17, 15) is 8.78 Å². The van der Waals surface area contributed by atoms with Crippen LogP contribution in [0, 0.1) is 11.6 Å². The van der Waals surface area contributed by atoms with E-state index in [1.165, 1.54) is 12.1 Å². The van der Waals surface area contributed by atoms with Crippen LogP contribution in [0.1, 0.15) is 41.7 Å². The van der Waals surface area contributed by atoms with Crippen molar-refractivity contribution in [2.75, 3.05) is 0 Å². The summed E-state index contributed by atoms with van der Waals surface area (Å²) < 4.78 is 36.8. The van der Waals surface area contributed by atoms with Crippen molar-refractivity contribution >= 4 is 16.8 Å². The molecular formula is C40H28F2O. The first-order valence-electron chi connectivity index (χ1n) is 14.6. The van der Waals surface area contributed by atoms with Crippen LogP contribution < -0.4 is 4.74 Å². The van der Waals surface area contributed by atoms with E-state index in [0.29, 0.717) is 11.1 Å². The number of rotatable bonds is 3. The molecule has 0 aromatic heterocycles. The van der Waals surface area contributed by atoms with Crippen LogP contribution in [0.25, 0.3) is 39.1 Å². The number of hydrogen-bond acceptors (Lipinski definition) is 1. The number of fused-ring (bicyclic) bond motifs is 8. The second-order valence-electron chi connectivity index (χ2n) is 12.0. The van der Waals surface area contributed by atoms with Gasteiger partial charge in [-0.05, 0) is 69.1 Å². The zero-order valence-corrected chi connectivity index (χ0v) is 23.9. The Morgan fingerprint density at radius 3 is 1.98 bits per heavy atom. The van der Waals surface area contributed by atoms with E-state index in [4.69, 9.17) is 4.74 Å². The topological polar surface area (TPSA) is 9.23 Å². The van der Waals surface area contributed by atoms with Gasteiger partial charge in [0, 0.05) is 27.5 Å². The highest BCUT2D eigenvalue weighted by Gasteiger charge is 2.44. The summed E-state index contributed by atoms with van der Waals surface area (Å²) in [7, 11) is 0. The summed E-state index contributed by atoms with van der Waals surface area (Å²) in [6.07, 6.45) is 4.25. The van der Waals surface area contributed by atoms with Gasteiger partial charge in [0.1, 0.15) is 17.4 Å². The van der Waals surface area contributed by atoms with Crippen LogP contribution in [0.2, 0.25) is 0 Å². The molecule has 1 atom stereocenters. The highest BCUT2D eigenvalue weighted by molar-refractivity contribution is 6.08. The minimum Gasteiger partial charge on any atom is -0.472 e. The molecule has 0 bridgehead atoms. The minimum atomic E-state index is -0.946. The number of hydrogen-bond donors (Lipinski definition) is 0. The fraction of sp³-hybridized carbons (Fsp3) is 0.100. The van der Waals surface area contributed by atoms with Crippen molar-refractivity contribution in [1.82, 2.24) is 0 Å². The van der Waals surface area contributed by atoms with Crippen LogP contribution in [0.4, 0.5) is 8.78 Å². The lowest BCUT2D eigenvalue weighted by molar-refractivity contribution is 0.163. The number of halogens is 2. The van der Waals surface area contributed by atoms with Gasteiger partial charge < -0.3 is 4.74 Å². The Labute approximate surface area is 249 Å². The lowest BCUT2D eigenvalue weighted by Gasteiger charge is -2.38. The average molecular weight is 563 g/mol. The maximum Gasteiger partial charge on any atom is 0.178 e. The summed E-state index contributed by atoms with van der Waals surface area (Å²) in [6, 6.07) is 38.8. The Hall–Kier alpha value is -5.02. The van der Waals surface area contributed by atoms with Gasteiger partial charge in [0.15, 0.2) is 5.60 Å². The van der Waals surface area contributed by atoms with E-state index in [-0.39, 0.29) is 11.6 Å². The zero-order valence-electron chi connectivity index (χ0n) is 23.9. The van der Waals surface area contributed by atoms with Crippen LogP contribution in [-0.4, -0.2) is 0 Å². The van der Waals surface area contributed by atoms with E-state index < -0.39 is 11.0 Å². The van der Waals surface area contributed by atoms with Gasteiger partial charge in [0.05, 0.1) is 0 Å². The quantitative estimate of drug-likeness (QED) is 0.208. The summed E-state index contributed by atoms with van der Waals surface area (Å²) >= 11 is 0. The lowest BCUT2D eigenvalue weighted by atomic mass is 9.76. The summed E-state index contributed by atoms with van der Waals surface area (Å²) in [5.41, 5.74) is 7.65. The third-order valence-electron chi connectivity index (χ3n) is 9.18. The largest absolute Gasteiger partial charge is 0.472 e. The lowest BCUT2D eigenvalue weighted by Crippen LogP contribution is -2.35. The third-order valence-corrected chi connectivity index (χ3v) is 9.18. The molecule has 1 nitrogen and oxygen atoms in total. The summed E-state index contributed by atoms with van der Waals surface area (Å²) in [6.45, 7) is 4.25. The number of benzene rings is 6. The highest BCUT2D eigenvalue weighted by atomic mass is 19.1. The van der Waals surface area contributed by atoms with Crippen LogP contribution >= 0.6 is 0 Å². The second-order valence-corrected chi connectivity index (χ2v) is 12.0. The standard InChI is InChI=1S/C40H28F2O/c1-39(2)35-24-30(42)18-20-32(35)36-31-19-17-29(41)23-34(31)38-33(37(36)39)21-22-40(43-38,27-11-7-4-8-12-27)28-15-13-26(14-16-28)25-9-5-3-6-10-25/h3-24H,1-2H3. The average Bonchev–Trinajstić information content (AvgIpc) is 3.28. The van der Waals surface area contributed by atoms with Gasteiger partial charge in [0.2, 0.25) is 0 Å². The van der Waals surface area contributed by atoms with E-state index in [2.05, 4.69) is 74.5 Å². The molecule has 8 rings (SSSR count).